The molecule has 0 heterocycles. The zero-order chi connectivity index (χ0) is 10.7. The third-order valence-electron chi connectivity index (χ3n) is 2.45. The van der Waals surface area contributed by atoms with Gasteiger partial charge in [-0.1, -0.05) is 18.2 Å². The Hall–Kier alpha value is -1.31. The minimum Gasteiger partial charge on any atom is -0.375 e. The predicted molar refractivity (Wildman–Crippen MR) is 59.7 cm³/mol. The van der Waals surface area contributed by atoms with Crippen molar-refractivity contribution in [2.24, 2.45) is 0 Å². The Labute approximate surface area is 85.3 Å². The third kappa shape index (κ3) is 2.34. The minimum absolute atomic E-state index is 0.116. The summed E-state index contributed by atoms with van der Waals surface area (Å²) < 4.78 is 0. The number of carbonyl (C=O) groups is 1. The van der Waals surface area contributed by atoms with Crippen LogP contribution in [0.15, 0.2) is 18.2 Å². The van der Waals surface area contributed by atoms with Crippen LogP contribution in [-0.2, 0) is 4.79 Å². The van der Waals surface area contributed by atoms with E-state index in [0.717, 1.165) is 5.69 Å². The van der Waals surface area contributed by atoms with Gasteiger partial charge in [0.1, 0.15) is 0 Å². The van der Waals surface area contributed by atoms with Crippen LogP contribution in [0.25, 0.3) is 0 Å². The molecule has 0 spiro atoms. The van der Waals surface area contributed by atoms with Gasteiger partial charge in [0.2, 0.25) is 0 Å². The van der Waals surface area contributed by atoms with Crippen LogP contribution >= 0.6 is 0 Å². The summed E-state index contributed by atoms with van der Waals surface area (Å²) in [7, 11) is 0. The summed E-state index contributed by atoms with van der Waals surface area (Å²) in [6.45, 7) is 7.57. The van der Waals surface area contributed by atoms with Crippen LogP contribution in [0, 0.1) is 13.8 Å². The number of hydrogen-bond acceptors (Lipinski definition) is 2. The number of anilines is 1. The molecule has 2 nitrogen and oxygen atoms in total. The second-order valence-corrected chi connectivity index (χ2v) is 3.74. The molecule has 0 aliphatic heterocycles. The molecule has 14 heavy (non-hydrogen) atoms. The Balaban J connectivity index is 2.91. The van der Waals surface area contributed by atoms with Gasteiger partial charge in [-0.15, -0.1) is 0 Å². The standard InChI is InChI=1S/C12H17NO/c1-8-6-5-7-9(2)12(8)13-10(3)11(4)14/h5-7,10,13H,1-4H3/t10-/m1/s1. The molecule has 1 aromatic rings. The maximum Gasteiger partial charge on any atom is 0.151 e. The fraction of sp³-hybridized carbons (Fsp3) is 0.417. The fourth-order valence-corrected chi connectivity index (χ4v) is 1.36. The first-order chi connectivity index (χ1) is 6.52. The summed E-state index contributed by atoms with van der Waals surface area (Å²) in [5, 5.41) is 3.23. The molecular formula is C12H17NO. The number of ketones is 1. The lowest BCUT2D eigenvalue weighted by Crippen LogP contribution is -2.24. The zero-order valence-corrected chi connectivity index (χ0v) is 9.22. The van der Waals surface area contributed by atoms with E-state index >= 15 is 0 Å². The summed E-state index contributed by atoms with van der Waals surface area (Å²) in [6, 6.07) is 5.99. The van der Waals surface area contributed by atoms with E-state index in [2.05, 4.69) is 5.32 Å². The molecule has 1 rings (SSSR count). The highest BCUT2D eigenvalue weighted by Gasteiger charge is 2.09. The lowest BCUT2D eigenvalue weighted by Gasteiger charge is -2.16. The number of hydrogen-bond donors (Lipinski definition) is 1. The van der Waals surface area contributed by atoms with Crippen LogP contribution in [-0.4, -0.2) is 11.8 Å². The summed E-state index contributed by atoms with van der Waals surface area (Å²) in [6.07, 6.45) is 0. The molecule has 1 aromatic carbocycles. The number of carbonyl (C=O) groups excluding carboxylic acids is 1. The van der Waals surface area contributed by atoms with Crippen molar-refractivity contribution in [3.63, 3.8) is 0 Å². The van der Waals surface area contributed by atoms with Gasteiger partial charge in [0.15, 0.2) is 5.78 Å². The first-order valence-corrected chi connectivity index (χ1v) is 4.85. The van der Waals surface area contributed by atoms with Gasteiger partial charge in [-0.05, 0) is 38.8 Å². The maximum atomic E-state index is 11.1. The molecule has 0 fully saturated rings. The lowest BCUT2D eigenvalue weighted by molar-refractivity contribution is -0.117. The van der Waals surface area contributed by atoms with E-state index in [4.69, 9.17) is 0 Å². The number of para-hydroxylation sites is 1. The van der Waals surface area contributed by atoms with E-state index in [1.165, 1.54) is 11.1 Å². The highest BCUT2D eigenvalue weighted by molar-refractivity contribution is 5.84. The second kappa shape index (κ2) is 4.27. The van der Waals surface area contributed by atoms with Gasteiger partial charge in [-0.3, -0.25) is 4.79 Å². The lowest BCUT2D eigenvalue weighted by atomic mass is 10.1. The Morgan fingerprint density at radius 2 is 1.79 bits per heavy atom. The average Bonchev–Trinajstić information content (AvgIpc) is 2.11. The number of nitrogens with one attached hydrogen (secondary N) is 1. The molecule has 0 amide bonds. The Morgan fingerprint density at radius 3 is 2.21 bits per heavy atom. The average molecular weight is 191 g/mol. The SMILES string of the molecule is CC(=O)[C@@H](C)Nc1c(C)cccc1C. The maximum absolute atomic E-state index is 11.1. The molecule has 0 radical (unpaired) electrons. The predicted octanol–water partition coefficient (Wildman–Crippen LogP) is 2.69. The van der Waals surface area contributed by atoms with Crippen molar-refractivity contribution in [3.05, 3.63) is 29.3 Å². The summed E-state index contributed by atoms with van der Waals surface area (Å²) >= 11 is 0. The topological polar surface area (TPSA) is 29.1 Å². The van der Waals surface area contributed by atoms with Crippen LogP contribution in [0.3, 0.4) is 0 Å². The molecular weight excluding hydrogens is 174 g/mol. The molecule has 2 heteroatoms. The van der Waals surface area contributed by atoms with E-state index in [0.29, 0.717) is 0 Å². The summed E-state index contributed by atoms with van der Waals surface area (Å²) in [5.74, 6) is 0.160. The summed E-state index contributed by atoms with van der Waals surface area (Å²) in [4.78, 5) is 11.1. The Kier molecular flexibility index (Phi) is 3.28. The van der Waals surface area contributed by atoms with Crippen molar-refractivity contribution in [1.29, 1.82) is 0 Å². The van der Waals surface area contributed by atoms with Gasteiger partial charge in [0.25, 0.3) is 0 Å². The van der Waals surface area contributed by atoms with E-state index in [-0.39, 0.29) is 11.8 Å². The van der Waals surface area contributed by atoms with Crippen molar-refractivity contribution in [2.75, 3.05) is 5.32 Å². The van der Waals surface area contributed by atoms with Crippen LogP contribution in [0.1, 0.15) is 25.0 Å². The number of aryl methyl sites for hydroxylation is 2. The van der Waals surface area contributed by atoms with Crippen LogP contribution in [0.4, 0.5) is 5.69 Å². The first kappa shape index (κ1) is 10.8. The first-order valence-electron chi connectivity index (χ1n) is 4.85. The van der Waals surface area contributed by atoms with Gasteiger partial charge < -0.3 is 5.32 Å². The van der Waals surface area contributed by atoms with Gasteiger partial charge in [0.05, 0.1) is 6.04 Å². The number of benzene rings is 1. The van der Waals surface area contributed by atoms with E-state index in [9.17, 15) is 4.79 Å². The van der Waals surface area contributed by atoms with Gasteiger partial charge >= 0.3 is 0 Å². The van der Waals surface area contributed by atoms with Gasteiger partial charge in [0, 0.05) is 5.69 Å². The molecule has 0 aromatic heterocycles. The minimum atomic E-state index is -0.116. The fourth-order valence-electron chi connectivity index (χ4n) is 1.36. The highest BCUT2D eigenvalue weighted by atomic mass is 16.1. The van der Waals surface area contributed by atoms with Gasteiger partial charge in [-0.2, -0.15) is 0 Å². The third-order valence-corrected chi connectivity index (χ3v) is 2.45. The van der Waals surface area contributed by atoms with Crippen molar-refractivity contribution in [2.45, 2.75) is 33.7 Å². The van der Waals surface area contributed by atoms with E-state index in [1.807, 2.05) is 39.0 Å². The van der Waals surface area contributed by atoms with E-state index < -0.39 is 0 Å². The largest absolute Gasteiger partial charge is 0.375 e. The normalized spacial score (nSPS) is 12.3. The van der Waals surface area contributed by atoms with Crippen LogP contribution < -0.4 is 5.32 Å². The van der Waals surface area contributed by atoms with Crippen LogP contribution in [0.5, 0.6) is 0 Å². The molecule has 1 atom stereocenters. The molecule has 0 saturated carbocycles. The molecule has 0 bridgehead atoms. The van der Waals surface area contributed by atoms with E-state index in [1.54, 1.807) is 6.92 Å². The monoisotopic (exact) mass is 191 g/mol. The van der Waals surface area contributed by atoms with Crippen molar-refractivity contribution in [1.82, 2.24) is 0 Å². The molecule has 76 valence electrons. The zero-order valence-electron chi connectivity index (χ0n) is 9.22. The molecule has 1 N–H and O–H groups in total. The molecule has 0 aliphatic rings. The number of rotatable bonds is 3. The van der Waals surface area contributed by atoms with Gasteiger partial charge in [-0.25, -0.2) is 0 Å². The Bertz CT molecular complexity index is 324. The quantitative estimate of drug-likeness (QED) is 0.795. The molecule has 0 unspecified atom stereocenters. The molecule has 0 saturated heterocycles. The van der Waals surface area contributed by atoms with Crippen molar-refractivity contribution < 1.29 is 4.79 Å². The van der Waals surface area contributed by atoms with Crippen molar-refractivity contribution >= 4 is 11.5 Å². The second-order valence-electron chi connectivity index (χ2n) is 3.74. The smallest absolute Gasteiger partial charge is 0.151 e. The highest BCUT2D eigenvalue weighted by Crippen LogP contribution is 2.20. The van der Waals surface area contributed by atoms with Crippen molar-refractivity contribution in [3.8, 4) is 0 Å². The summed E-state index contributed by atoms with van der Waals surface area (Å²) in [5.41, 5.74) is 3.44. The molecule has 0 aliphatic carbocycles. The van der Waals surface area contributed by atoms with Crippen LogP contribution in [0.2, 0.25) is 0 Å². The Morgan fingerprint density at radius 1 is 1.29 bits per heavy atom. The number of Topliss-reactive ketones (excluding diaryl/α,β-unsaturated/α-hetero) is 1.